The fourth-order valence-electron chi connectivity index (χ4n) is 1.62. The minimum atomic E-state index is -0.116. The third kappa shape index (κ3) is 5.83. The van der Waals surface area contributed by atoms with Crippen LogP contribution in [0, 0.1) is 5.82 Å². The molecule has 0 saturated carbocycles. The largest absolute Gasteiger partial charge is 0.207 e. The van der Waals surface area contributed by atoms with Crippen LogP contribution in [-0.2, 0) is 6.42 Å². The Labute approximate surface area is 96.3 Å². The molecule has 0 radical (unpaired) electrons. The van der Waals surface area contributed by atoms with E-state index in [4.69, 9.17) is 0 Å². The molecular formula is C13H19FS. The molecule has 0 aliphatic rings. The van der Waals surface area contributed by atoms with Crippen molar-refractivity contribution in [1.82, 2.24) is 0 Å². The third-order valence-corrected chi connectivity index (χ3v) is 3.15. The molecule has 0 aromatic heterocycles. The molecule has 0 amide bonds. The van der Waals surface area contributed by atoms with E-state index in [0.29, 0.717) is 0 Å². The van der Waals surface area contributed by atoms with Crippen LogP contribution in [0.1, 0.15) is 31.2 Å². The minimum Gasteiger partial charge on any atom is -0.207 e. The summed E-state index contributed by atoms with van der Waals surface area (Å²) in [5.74, 6) is 1.15. The van der Waals surface area contributed by atoms with Crippen molar-refractivity contribution in [2.45, 2.75) is 32.1 Å². The molecule has 0 saturated heterocycles. The number of hydrogen-bond donors (Lipinski definition) is 0. The predicted octanol–water partition coefficient (Wildman–Crippen LogP) is 4.29. The Morgan fingerprint density at radius 3 is 2.67 bits per heavy atom. The first kappa shape index (κ1) is 12.6. The molecule has 1 aromatic rings. The molecule has 0 fully saturated rings. The summed E-state index contributed by atoms with van der Waals surface area (Å²) in [4.78, 5) is 0. The second kappa shape index (κ2) is 7.75. The van der Waals surface area contributed by atoms with E-state index in [1.165, 1.54) is 37.5 Å². The first-order valence-corrected chi connectivity index (χ1v) is 6.95. The van der Waals surface area contributed by atoms with Gasteiger partial charge in [0.15, 0.2) is 0 Å². The van der Waals surface area contributed by atoms with Crippen LogP contribution >= 0.6 is 11.8 Å². The second-order valence-corrected chi connectivity index (χ2v) is 4.77. The highest BCUT2D eigenvalue weighted by molar-refractivity contribution is 7.98. The van der Waals surface area contributed by atoms with Crippen LogP contribution in [0.5, 0.6) is 0 Å². The van der Waals surface area contributed by atoms with E-state index in [0.717, 1.165) is 12.0 Å². The number of thioether (sulfide) groups is 1. The molecule has 0 spiro atoms. The van der Waals surface area contributed by atoms with Gasteiger partial charge in [-0.05, 0) is 49.0 Å². The Morgan fingerprint density at radius 1 is 1.13 bits per heavy atom. The number of hydrogen-bond acceptors (Lipinski definition) is 1. The maximum atomic E-state index is 12.8. The lowest BCUT2D eigenvalue weighted by Gasteiger charge is -2.01. The molecule has 0 bridgehead atoms. The summed E-state index contributed by atoms with van der Waals surface area (Å²) in [6.07, 6.45) is 8.21. The standard InChI is InChI=1S/C13H19FS/c1-15-10-5-3-2-4-7-12-8-6-9-13(14)11-12/h6,8-9,11H,2-5,7,10H2,1H3. The van der Waals surface area contributed by atoms with Crippen molar-refractivity contribution in [3.8, 4) is 0 Å². The summed E-state index contributed by atoms with van der Waals surface area (Å²) in [6, 6.07) is 6.94. The molecule has 0 unspecified atom stereocenters. The topological polar surface area (TPSA) is 0 Å². The summed E-state index contributed by atoms with van der Waals surface area (Å²) in [5, 5.41) is 0. The van der Waals surface area contributed by atoms with Gasteiger partial charge in [-0.1, -0.05) is 25.0 Å². The summed E-state index contributed by atoms with van der Waals surface area (Å²) in [6.45, 7) is 0. The molecule has 1 aromatic carbocycles. The van der Waals surface area contributed by atoms with Crippen LogP contribution < -0.4 is 0 Å². The van der Waals surface area contributed by atoms with E-state index >= 15 is 0 Å². The van der Waals surface area contributed by atoms with Crippen LogP contribution in [0.4, 0.5) is 4.39 Å². The van der Waals surface area contributed by atoms with Crippen LogP contribution in [0.15, 0.2) is 24.3 Å². The van der Waals surface area contributed by atoms with Gasteiger partial charge in [-0.3, -0.25) is 0 Å². The van der Waals surface area contributed by atoms with E-state index in [2.05, 4.69) is 6.26 Å². The van der Waals surface area contributed by atoms with Crippen molar-refractivity contribution in [2.75, 3.05) is 12.0 Å². The normalized spacial score (nSPS) is 10.5. The first-order valence-electron chi connectivity index (χ1n) is 5.56. The average Bonchev–Trinajstić information content (AvgIpc) is 2.23. The predicted molar refractivity (Wildman–Crippen MR) is 67.0 cm³/mol. The van der Waals surface area contributed by atoms with E-state index < -0.39 is 0 Å². The first-order chi connectivity index (χ1) is 7.33. The fraction of sp³-hybridized carbons (Fsp3) is 0.538. The lowest BCUT2D eigenvalue weighted by atomic mass is 10.1. The summed E-state index contributed by atoms with van der Waals surface area (Å²) >= 11 is 1.91. The van der Waals surface area contributed by atoms with E-state index in [-0.39, 0.29) is 5.82 Å². The molecule has 0 N–H and O–H groups in total. The molecule has 0 heterocycles. The summed E-state index contributed by atoms with van der Waals surface area (Å²) < 4.78 is 12.8. The zero-order valence-corrected chi connectivity index (χ0v) is 10.2. The summed E-state index contributed by atoms with van der Waals surface area (Å²) in [7, 11) is 0. The lowest BCUT2D eigenvalue weighted by Crippen LogP contribution is -1.87. The second-order valence-electron chi connectivity index (χ2n) is 3.79. The Bertz CT molecular complexity index is 273. The van der Waals surface area contributed by atoms with Gasteiger partial charge in [-0.2, -0.15) is 11.8 Å². The third-order valence-electron chi connectivity index (χ3n) is 2.45. The average molecular weight is 226 g/mol. The zero-order valence-electron chi connectivity index (χ0n) is 9.34. The lowest BCUT2D eigenvalue weighted by molar-refractivity contribution is 0.621. The Kier molecular flexibility index (Phi) is 6.49. The molecule has 0 nitrogen and oxygen atoms in total. The van der Waals surface area contributed by atoms with Crippen LogP contribution in [0.25, 0.3) is 0 Å². The van der Waals surface area contributed by atoms with Gasteiger partial charge >= 0.3 is 0 Å². The number of halogens is 1. The Morgan fingerprint density at radius 2 is 1.93 bits per heavy atom. The van der Waals surface area contributed by atoms with Gasteiger partial charge in [0.2, 0.25) is 0 Å². The van der Waals surface area contributed by atoms with Gasteiger partial charge in [0, 0.05) is 0 Å². The van der Waals surface area contributed by atoms with Crippen molar-refractivity contribution in [1.29, 1.82) is 0 Å². The maximum Gasteiger partial charge on any atom is 0.123 e. The monoisotopic (exact) mass is 226 g/mol. The van der Waals surface area contributed by atoms with Crippen molar-refractivity contribution < 1.29 is 4.39 Å². The zero-order chi connectivity index (χ0) is 10.9. The highest BCUT2D eigenvalue weighted by atomic mass is 32.2. The highest BCUT2D eigenvalue weighted by Crippen LogP contribution is 2.10. The van der Waals surface area contributed by atoms with Crippen LogP contribution in [0.3, 0.4) is 0 Å². The summed E-state index contributed by atoms with van der Waals surface area (Å²) in [5.41, 5.74) is 1.12. The Hall–Kier alpha value is -0.500. The molecule has 2 heteroatoms. The maximum absolute atomic E-state index is 12.8. The van der Waals surface area contributed by atoms with Crippen molar-refractivity contribution >= 4 is 11.8 Å². The molecule has 0 atom stereocenters. The molecule has 84 valence electrons. The number of unbranched alkanes of at least 4 members (excludes halogenated alkanes) is 3. The van der Waals surface area contributed by atoms with Gasteiger partial charge in [0.05, 0.1) is 0 Å². The molecule has 0 aliphatic heterocycles. The Balaban J connectivity index is 2.10. The molecule has 1 rings (SSSR count). The van der Waals surface area contributed by atoms with Crippen LogP contribution in [0.2, 0.25) is 0 Å². The quantitative estimate of drug-likeness (QED) is 0.625. The van der Waals surface area contributed by atoms with Crippen molar-refractivity contribution in [2.24, 2.45) is 0 Å². The van der Waals surface area contributed by atoms with E-state index in [9.17, 15) is 4.39 Å². The fourth-order valence-corrected chi connectivity index (χ4v) is 2.11. The van der Waals surface area contributed by atoms with Gasteiger partial charge in [-0.25, -0.2) is 4.39 Å². The van der Waals surface area contributed by atoms with Crippen molar-refractivity contribution in [3.63, 3.8) is 0 Å². The van der Waals surface area contributed by atoms with Crippen molar-refractivity contribution in [3.05, 3.63) is 35.6 Å². The van der Waals surface area contributed by atoms with E-state index in [1.54, 1.807) is 12.1 Å². The highest BCUT2D eigenvalue weighted by Gasteiger charge is 1.95. The molecule has 15 heavy (non-hydrogen) atoms. The van der Waals surface area contributed by atoms with Gasteiger partial charge < -0.3 is 0 Å². The van der Waals surface area contributed by atoms with Gasteiger partial charge in [0.1, 0.15) is 5.82 Å². The van der Waals surface area contributed by atoms with Gasteiger partial charge in [-0.15, -0.1) is 0 Å². The smallest absolute Gasteiger partial charge is 0.123 e. The number of rotatable bonds is 7. The molecule has 0 aliphatic carbocycles. The van der Waals surface area contributed by atoms with E-state index in [1.807, 2.05) is 17.8 Å². The van der Waals surface area contributed by atoms with Gasteiger partial charge in [0.25, 0.3) is 0 Å². The molecular weight excluding hydrogens is 207 g/mol. The number of benzene rings is 1. The SMILES string of the molecule is CSCCCCCCc1cccc(F)c1. The number of aryl methyl sites for hydroxylation is 1. The van der Waals surface area contributed by atoms with Crippen LogP contribution in [-0.4, -0.2) is 12.0 Å². The minimum absolute atomic E-state index is 0.116.